The van der Waals surface area contributed by atoms with Crippen LogP contribution in [0.1, 0.15) is 41.6 Å². The summed E-state index contributed by atoms with van der Waals surface area (Å²) in [5.74, 6) is 0.0844. The van der Waals surface area contributed by atoms with Gasteiger partial charge in [0.1, 0.15) is 0 Å². The number of rotatable bonds is 2. The van der Waals surface area contributed by atoms with Crippen LogP contribution in [0, 0.1) is 6.92 Å². The van der Waals surface area contributed by atoms with Crippen LogP contribution in [-0.2, 0) is 0 Å². The van der Waals surface area contributed by atoms with E-state index < -0.39 is 0 Å². The molecule has 2 saturated heterocycles. The van der Waals surface area contributed by atoms with E-state index in [9.17, 15) is 4.79 Å². The molecule has 102 valence electrons. The highest BCUT2D eigenvalue weighted by Gasteiger charge is 2.36. The van der Waals surface area contributed by atoms with Gasteiger partial charge in [0.25, 0.3) is 5.91 Å². The highest BCUT2D eigenvalue weighted by molar-refractivity contribution is 5.94. The number of nitrogens with zero attached hydrogens (tertiary/aromatic N) is 1. The lowest BCUT2D eigenvalue weighted by Crippen LogP contribution is -2.46. The van der Waals surface area contributed by atoms with Crippen molar-refractivity contribution in [3.63, 3.8) is 0 Å². The van der Waals surface area contributed by atoms with Gasteiger partial charge in [-0.2, -0.15) is 0 Å². The highest BCUT2D eigenvalue weighted by Crippen LogP contribution is 2.27. The Morgan fingerprint density at radius 3 is 3.00 bits per heavy atom. The van der Waals surface area contributed by atoms with Gasteiger partial charge >= 0.3 is 0 Å². The number of hydrogen-bond donors (Lipinski definition) is 1. The third-order valence-electron chi connectivity index (χ3n) is 4.45. The van der Waals surface area contributed by atoms with Gasteiger partial charge in [0.15, 0.2) is 0 Å². The van der Waals surface area contributed by atoms with E-state index in [0.29, 0.717) is 12.1 Å². The molecule has 1 aromatic rings. The van der Waals surface area contributed by atoms with Crippen molar-refractivity contribution in [2.24, 2.45) is 0 Å². The maximum Gasteiger partial charge on any atom is 0.251 e. The van der Waals surface area contributed by atoms with E-state index in [1.165, 1.54) is 25.8 Å². The number of carbonyl (C=O) groups excluding carboxylic acids is 1. The van der Waals surface area contributed by atoms with Crippen LogP contribution in [0.15, 0.2) is 24.3 Å². The Morgan fingerprint density at radius 1 is 1.26 bits per heavy atom. The summed E-state index contributed by atoms with van der Waals surface area (Å²) in [6.45, 7) is 4.38. The van der Waals surface area contributed by atoms with Gasteiger partial charge < -0.3 is 5.32 Å². The fourth-order valence-corrected chi connectivity index (χ4v) is 3.45. The molecule has 0 aliphatic carbocycles. The molecule has 3 heteroatoms. The van der Waals surface area contributed by atoms with Crippen LogP contribution in [0.5, 0.6) is 0 Å². The summed E-state index contributed by atoms with van der Waals surface area (Å²) < 4.78 is 0. The molecule has 1 aromatic carbocycles. The number of hydrogen-bond acceptors (Lipinski definition) is 2. The van der Waals surface area contributed by atoms with Gasteiger partial charge in [-0.1, -0.05) is 24.1 Å². The number of amides is 1. The fourth-order valence-electron chi connectivity index (χ4n) is 3.45. The number of nitrogens with one attached hydrogen (secondary N) is 1. The van der Waals surface area contributed by atoms with Gasteiger partial charge in [-0.3, -0.25) is 9.69 Å². The lowest BCUT2D eigenvalue weighted by Gasteiger charge is -2.32. The summed E-state index contributed by atoms with van der Waals surface area (Å²) in [7, 11) is 0. The zero-order valence-electron chi connectivity index (χ0n) is 11.6. The van der Waals surface area contributed by atoms with Gasteiger partial charge in [-0.15, -0.1) is 0 Å². The Balaban J connectivity index is 1.66. The number of benzene rings is 1. The molecular formula is C16H22N2O. The summed E-state index contributed by atoms with van der Waals surface area (Å²) in [6, 6.07) is 8.75. The first-order valence-corrected chi connectivity index (χ1v) is 7.35. The molecule has 2 fully saturated rings. The molecular weight excluding hydrogens is 236 g/mol. The normalized spacial score (nSPS) is 27.0. The monoisotopic (exact) mass is 258 g/mol. The minimum absolute atomic E-state index is 0.0844. The first kappa shape index (κ1) is 12.7. The largest absolute Gasteiger partial charge is 0.348 e. The second-order valence-electron chi connectivity index (χ2n) is 5.84. The molecule has 1 amide bonds. The lowest BCUT2D eigenvalue weighted by atomic mass is 9.98. The van der Waals surface area contributed by atoms with E-state index in [-0.39, 0.29) is 5.91 Å². The van der Waals surface area contributed by atoms with E-state index in [2.05, 4.69) is 10.2 Å². The van der Waals surface area contributed by atoms with Crippen LogP contribution in [0.3, 0.4) is 0 Å². The van der Waals surface area contributed by atoms with Crippen LogP contribution >= 0.6 is 0 Å². The fraction of sp³-hybridized carbons (Fsp3) is 0.562. The molecule has 0 bridgehead atoms. The molecule has 2 aliphatic rings. The zero-order valence-corrected chi connectivity index (χ0v) is 11.6. The van der Waals surface area contributed by atoms with Crippen molar-refractivity contribution in [1.29, 1.82) is 0 Å². The van der Waals surface area contributed by atoms with Crippen molar-refractivity contribution in [2.45, 2.75) is 44.7 Å². The van der Waals surface area contributed by atoms with Gasteiger partial charge in [-0.25, -0.2) is 0 Å². The summed E-state index contributed by atoms with van der Waals surface area (Å²) in [6.07, 6.45) is 4.95. The van der Waals surface area contributed by atoms with Crippen LogP contribution in [0.25, 0.3) is 0 Å². The standard InChI is InChI=1S/C16H22N2O/c1-12-5-4-6-13(11-12)16(19)17-14-8-10-18-9-3-2-7-15(14)18/h4-6,11,14-15H,2-3,7-10H2,1H3,(H,17,19). The third kappa shape index (κ3) is 2.66. The van der Waals surface area contributed by atoms with Crippen LogP contribution in [-0.4, -0.2) is 36.0 Å². The van der Waals surface area contributed by atoms with Crippen molar-refractivity contribution >= 4 is 5.91 Å². The summed E-state index contributed by atoms with van der Waals surface area (Å²) in [5, 5.41) is 3.24. The molecule has 2 unspecified atom stereocenters. The number of fused-ring (bicyclic) bond motifs is 1. The molecule has 2 aliphatic heterocycles. The summed E-state index contributed by atoms with van der Waals surface area (Å²) >= 11 is 0. The van der Waals surface area contributed by atoms with E-state index in [4.69, 9.17) is 0 Å². The Morgan fingerprint density at radius 2 is 2.16 bits per heavy atom. The summed E-state index contributed by atoms with van der Waals surface area (Å²) in [4.78, 5) is 14.8. The number of piperidine rings is 1. The predicted molar refractivity (Wildman–Crippen MR) is 76.3 cm³/mol. The minimum Gasteiger partial charge on any atom is -0.348 e. The second-order valence-corrected chi connectivity index (χ2v) is 5.84. The number of carbonyl (C=O) groups is 1. The average molecular weight is 258 g/mol. The van der Waals surface area contributed by atoms with Crippen molar-refractivity contribution in [3.8, 4) is 0 Å². The summed E-state index contributed by atoms with van der Waals surface area (Å²) in [5.41, 5.74) is 1.92. The quantitative estimate of drug-likeness (QED) is 0.883. The molecule has 2 atom stereocenters. The topological polar surface area (TPSA) is 32.3 Å². The number of aryl methyl sites for hydroxylation is 1. The van der Waals surface area contributed by atoms with Gasteiger partial charge in [0, 0.05) is 24.2 Å². The first-order valence-electron chi connectivity index (χ1n) is 7.35. The van der Waals surface area contributed by atoms with Gasteiger partial charge in [-0.05, 0) is 44.9 Å². The van der Waals surface area contributed by atoms with Crippen LogP contribution in [0.4, 0.5) is 0 Å². The van der Waals surface area contributed by atoms with Crippen molar-refractivity contribution in [2.75, 3.05) is 13.1 Å². The molecule has 19 heavy (non-hydrogen) atoms. The van der Waals surface area contributed by atoms with Crippen molar-refractivity contribution in [3.05, 3.63) is 35.4 Å². The minimum atomic E-state index is 0.0844. The maximum atomic E-state index is 12.3. The molecule has 1 N–H and O–H groups in total. The predicted octanol–water partition coefficient (Wildman–Crippen LogP) is 2.35. The van der Waals surface area contributed by atoms with E-state index in [0.717, 1.165) is 24.1 Å². The Kier molecular flexibility index (Phi) is 3.56. The lowest BCUT2D eigenvalue weighted by molar-refractivity contribution is 0.0915. The van der Waals surface area contributed by atoms with Gasteiger partial charge in [0.05, 0.1) is 0 Å². The van der Waals surface area contributed by atoms with Crippen LogP contribution in [0.2, 0.25) is 0 Å². The molecule has 3 nitrogen and oxygen atoms in total. The van der Waals surface area contributed by atoms with Crippen molar-refractivity contribution < 1.29 is 4.79 Å². The average Bonchev–Trinajstić information content (AvgIpc) is 2.82. The van der Waals surface area contributed by atoms with E-state index >= 15 is 0 Å². The first-order chi connectivity index (χ1) is 9.24. The third-order valence-corrected chi connectivity index (χ3v) is 4.45. The zero-order chi connectivity index (χ0) is 13.2. The molecule has 3 rings (SSSR count). The smallest absolute Gasteiger partial charge is 0.251 e. The molecule has 2 heterocycles. The van der Waals surface area contributed by atoms with Gasteiger partial charge in [0.2, 0.25) is 0 Å². The van der Waals surface area contributed by atoms with Crippen LogP contribution < -0.4 is 5.32 Å². The highest BCUT2D eigenvalue weighted by atomic mass is 16.1. The Hall–Kier alpha value is -1.35. The molecule has 0 saturated carbocycles. The SMILES string of the molecule is Cc1cccc(C(=O)NC2CCN3CCCCC23)c1. The molecule has 0 aromatic heterocycles. The van der Waals surface area contributed by atoms with E-state index in [1.54, 1.807) is 0 Å². The molecule has 0 spiro atoms. The van der Waals surface area contributed by atoms with Crippen molar-refractivity contribution in [1.82, 2.24) is 10.2 Å². The Bertz CT molecular complexity index is 472. The second kappa shape index (κ2) is 5.33. The molecule has 0 radical (unpaired) electrons. The Labute approximate surface area is 115 Å². The maximum absolute atomic E-state index is 12.3. The van der Waals surface area contributed by atoms with E-state index in [1.807, 2.05) is 31.2 Å².